The van der Waals surface area contributed by atoms with Gasteiger partial charge < -0.3 is 4.57 Å². The molecular formula is C14H16ClN3O2S. The Kier molecular flexibility index (Phi) is 3.77. The summed E-state index contributed by atoms with van der Waals surface area (Å²) >= 11 is 5.98. The van der Waals surface area contributed by atoms with E-state index in [4.69, 9.17) is 11.6 Å². The minimum atomic E-state index is -3.60. The Bertz CT molecular complexity index is 770. The molecule has 0 aliphatic carbocycles. The van der Waals surface area contributed by atoms with Crippen LogP contribution in [0.3, 0.4) is 0 Å². The Hall–Kier alpha value is -1.37. The maximum absolute atomic E-state index is 12.4. The number of hydrogen-bond acceptors (Lipinski definition) is 3. The van der Waals surface area contributed by atoms with Crippen molar-refractivity contribution in [1.29, 1.82) is 0 Å². The molecule has 3 rings (SSSR count). The first kappa shape index (κ1) is 14.6. The number of imidazole rings is 1. The normalized spacial score (nSPS) is 18.5. The average Bonchev–Trinajstić information content (AvgIpc) is 2.78. The van der Waals surface area contributed by atoms with Crippen molar-refractivity contribution in [2.75, 3.05) is 0 Å². The van der Waals surface area contributed by atoms with Gasteiger partial charge >= 0.3 is 0 Å². The van der Waals surface area contributed by atoms with Crippen molar-refractivity contribution in [3.05, 3.63) is 47.0 Å². The van der Waals surface area contributed by atoms with Gasteiger partial charge in [0.25, 0.3) is 0 Å². The van der Waals surface area contributed by atoms with E-state index in [0.29, 0.717) is 6.54 Å². The van der Waals surface area contributed by atoms with Crippen LogP contribution in [0.1, 0.15) is 17.9 Å². The number of benzene rings is 1. The van der Waals surface area contributed by atoms with Crippen LogP contribution in [0.15, 0.2) is 35.4 Å². The Morgan fingerprint density at radius 2 is 2.14 bits per heavy atom. The first-order chi connectivity index (χ1) is 9.95. The third-order valence-electron chi connectivity index (χ3n) is 3.56. The zero-order chi connectivity index (χ0) is 15.0. The monoisotopic (exact) mass is 325 g/mol. The van der Waals surface area contributed by atoms with Crippen molar-refractivity contribution in [2.45, 2.75) is 37.2 Å². The number of aromatic nitrogens is 2. The van der Waals surface area contributed by atoms with E-state index in [1.165, 1.54) is 6.07 Å². The maximum Gasteiger partial charge on any atom is 0.242 e. The fourth-order valence-corrected chi connectivity index (χ4v) is 4.41. The fraction of sp³-hybridized carbons (Fsp3) is 0.357. The maximum atomic E-state index is 12.4. The van der Waals surface area contributed by atoms with Gasteiger partial charge in [0.2, 0.25) is 10.0 Å². The average molecular weight is 326 g/mol. The van der Waals surface area contributed by atoms with E-state index < -0.39 is 10.0 Å². The van der Waals surface area contributed by atoms with Crippen LogP contribution >= 0.6 is 11.6 Å². The van der Waals surface area contributed by atoms with E-state index in [2.05, 4.69) is 9.71 Å². The van der Waals surface area contributed by atoms with Crippen LogP contribution in [0.5, 0.6) is 0 Å². The van der Waals surface area contributed by atoms with E-state index in [-0.39, 0.29) is 16.0 Å². The minimum absolute atomic E-state index is 0.124. The highest BCUT2D eigenvalue weighted by molar-refractivity contribution is 7.89. The van der Waals surface area contributed by atoms with Crippen molar-refractivity contribution in [3.8, 4) is 0 Å². The highest BCUT2D eigenvalue weighted by Gasteiger charge is 2.26. The Morgan fingerprint density at radius 3 is 2.90 bits per heavy atom. The predicted molar refractivity (Wildman–Crippen MR) is 80.8 cm³/mol. The molecule has 0 saturated heterocycles. The van der Waals surface area contributed by atoms with Crippen molar-refractivity contribution in [1.82, 2.24) is 14.3 Å². The number of rotatable bonds is 3. The summed E-state index contributed by atoms with van der Waals surface area (Å²) in [5, 5.41) is 0.236. The molecule has 0 spiro atoms. The van der Waals surface area contributed by atoms with Crippen molar-refractivity contribution >= 4 is 21.6 Å². The lowest BCUT2D eigenvalue weighted by Crippen LogP contribution is -2.40. The summed E-state index contributed by atoms with van der Waals surface area (Å²) in [6.45, 7) is 2.54. The standard InChI is InChI=1S/C14H16ClN3O2S/c1-10-8-18-9-11(6-7-14(18)16-10)17-21(19,20)13-5-3-2-4-12(13)15/h2-5,8,11,17H,6-7,9H2,1H3. The van der Waals surface area contributed by atoms with Crippen LogP contribution in [0.4, 0.5) is 0 Å². The highest BCUT2D eigenvalue weighted by atomic mass is 35.5. The molecule has 1 N–H and O–H groups in total. The predicted octanol–water partition coefficient (Wildman–Crippen LogP) is 2.14. The molecule has 1 aliphatic heterocycles. The number of sulfonamides is 1. The summed E-state index contributed by atoms with van der Waals surface area (Å²) < 4.78 is 29.6. The molecule has 1 aromatic carbocycles. The molecule has 2 aromatic rings. The molecule has 7 heteroatoms. The lowest BCUT2D eigenvalue weighted by Gasteiger charge is -2.24. The molecule has 2 heterocycles. The van der Waals surface area contributed by atoms with E-state index in [0.717, 1.165) is 24.4 Å². The van der Waals surface area contributed by atoms with Crippen LogP contribution in [0.2, 0.25) is 5.02 Å². The van der Waals surface area contributed by atoms with Gasteiger partial charge in [-0.1, -0.05) is 23.7 Å². The zero-order valence-electron chi connectivity index (χ0n) is 11.6. The largest absolute Gasteiger partial charge is 0.333 e. The van der Waals surface area contributed by atoms with Gasteiger partial charge in [-0.15, -0.1) is 0 Å². The molecular weight excluding hydrogens is 310 g/mol. The number of fused-ring (bicyclic) bond motifs is 1. The fourth-order valence-electron chi connectivity index (χ4n) is 2.63. The Balaban J connectivity index is 1.80. The molecule has 0 fully saturated rings. The number of aryl methyl sites for hydroxylation is 2. The zero-order valence-corrected chi connectivity index (χ0v) is 13.2. The summed E-state index contributed by atoms with van der Waals surface area (Å²) in [4.78, 5) is 4.54. The smallest absolute Gasteiger partial charge is 0.242 e. The van der Waals surface area contributed by atoms with Crippen molar-refractivity contribution in [3.63, 3.8) is 0 Å². The van der Waals surface area contributed by atoms with Gasteiger partial charge in [-0.3, -0.25) is 0 Å². The third kappa shape index (κ3) is 2.97. The van der Waals surface area contributed by atoms with E-state index >= 15 is 0 Å². The Labute approximate surface area is 129 Å². The van der Waals surface area contributed by atoms with E-state index in [1.54, 1.807) is 18.2 Å². The lowest BCUT2D eigenvalue weighted by atomic mass is 10.1. The first-order valence-electron chi connectivity index (χ1n) is 6.75. The van der Waals surface area contributed by atoms with Crippen molar-refractivity contribution < 1.29 is 8.42 Å². The minimum Gasteiger partial charge on any atom is -0.333 e. The molecule has 1 atom stereocenters. The second-order valence-electron chi connectivity index (χ2n) is 5.24. The van der Waals surface area contributed by atoms with Crippen LogP contribution < -0.4 is 4.72 Å². The van der Waals surface area contributed by atoms with E-state index in [9.17, 15) is 8.42 Å². The number of hydrogen-bond donors (Lipinski definition) is 1. The summed E-state index contributed by atoms with van der Waals surface area (Å²) in [5.74, 6) is 1.01. The second kappa shape index (κ2) is 5.44. The first-order valence-corrected chi connectivity index (χ1v) is 8.61. The number of nitrogens with one attached hydrogen (secondary N) is 1. The summed E-state index contributed by atoms with van der Waals surface area (Å²) in [6, 6.07) is 6.32. The van der Waals surface area contributed by atoms with Gasteiger partial charge in [0, 0.05) is 25.2 Å². The van der Waals surface area contributed by atoms with Gasteiger partial charge in [-0.2, -0.15) is 0 Å². The molecule has 21 heavy (non-hydrogen) atoms. The van der Waals surface area contributed by atoms with Crippen LogP contribution in [0, 0.1) is 6.92 Å². The Morgan fingerprint density at radius 1 is 1.38 bits per heavy atom. The third-order valence-corrected chi connectivity index (χ3v) is 5.58. The summed E-state index contributed by atoms with van der Waals surface area (Å²) in [6.07, 6.45) is 3.45. The molecule has 112 valence electrons. The molecule has 1 aliphatic rings. The molecule has 0 bridgehead atoms. The van der Waals surface area contributed by atoms with Crippen LogP contribution in [-0.4, -0.2) is 24.0 Å². The van der Waals surface area contributed by atoms with Gasteiger partial charge in [0.15, 0.2) is 0 Å². The number of nitrogens with zero attached hydrogens (tertiary/aromatic N) is 2. The molecule has 1 aromatic heterocycles. The molecule has 0 radical (unpaired) electrons. The van der Waals surface area contributed by atoms with Gasteiger partial charge in [0.1, 0.15) is 10.7 Å². The topological polar surface area (TPSA) is 64.0 Å². The molecule has 1 unspecified atom stereocenters. The number of halogens is 1. The molecule has 5 nitrogen and oxygen atoms in total. The highest BCUT2D eigenvalue weighted by Crippen LogP contribution is 2.22. The molecule has 0 amide bonds. The second-order valence-corrected chi connectivity index (χ2v) is 7.33. The SMILES string of the molecule is Cc1cn2c(n1)CCC(NS(=O)(=O)c1ccccc1Cl)C2. The van der Waals surface area contributed by atoms with Gasteiger partial charge in [0.05, 0.1) is 10.7 Å². The van der Waals surface area contributed by atoms with Gasteiger partial charge in [-0.05, 0) is 25.5 Å². The summed E-state index contributed by atoms with van der Waals surface area (Å²) in [5.41, 5.74) is 0.958. The van der Waals surface area contributed by atoms with E-state index in [1.807, 2.05) is 17.7 Å². The summed E-state index contributed by atoms with van der Waals surface area (Å²) in [7, 11) is -3.60. The van der Waals surface area contributed by atoms with Gasteiger partial charge in [-0.25, -0.2) is 18.1 Å². The quantitative estimate of drug-likeness (QED) is 0.940. The van der Waals surface area contributed by atoms with Crippen molar-refractivity contribution in [2.24, 2.45) is 0 Å². The lowest BCUT2D eigenvalue weighted by molar-refractivity contribution is 0.421. The van der Waals surface area contributed by atoms with Crippen LogP contribution in [-0.2, 0) is 23.0 Å². The molecule has 0 saturated carbocycles. The van der Waals surface area contributed by atoms with Crippen LogP contribution in [0.25, 0.3) is 0 Å².